The first-order valence-electron chi connectivity index (χ1n) is 6.50. The molecule has 0 aliphatic rings. The highest BCUT2D eigenvalue weighted by atomic mass is 16.5. The van der Waals surface area contributed by atoms with Crippen LogP contribution >= 0.6 is 0 Å². The summed E-state index contributed by atoms with van der Waals surface area (Å²) in [4.78, 5) is 3.84. The molecular formula is C16H19N3O. The lowest BCUT2D eigenvalue weighted by Gasteiger charge is -2.08. The van der Waals surface area contributed by atoms with Gasteiger partial charge in [-0.1, -0.05) is 42.5 Å². The third kappa shape index (κ3) is 4.31. The van der Waals surface area contributed by atoms with E-state index in [1.54, 1.807) is 7.05 Å². The smallest absolute Gasteiger partial charge is 0.188 e. The molecule has 2 aromatic carbocycles. The largest absolute Gasteiger partial charge is 0.489 e. The number of rotatable bonds is 5. The van der Waals surface area contributed by atoms with Crippen molar-refractivity contribution in [2.24, 2.45) is 10.7 Å². The number of nitrogens with one attached hydrogen (secondary N) is 1. The lowest BCUT2D eigenvalue weighted by molar-refractivity contribution is 0.306. The fourth-order valence-corrected chi connectivity index (χ4v) is 1.72. The van der Waals surface area contributed by atoms with Crippen LogP contribution in [-0.4, -0.2) is 13.0 Å². The van der Waals surface area contributed by atoms with E-state index in [9.17, 15) is 0 Å². The molecule has 0 heterocycles. The zero-order valence-electron chi connectivity index (χ0n) is 11.5. The standard InChI is InChI=1S/C16H19N3O/c1-18-16(17)19-11-13-7-9-15(10-8-13)20-12-14-5-3-2-4-6-14/h2-10H,11-12H2,1H3,(H3,17,18,19). The van der Waals surface area contributed by atoms with Crippen molar-refractivity contribution >= 4 is 5.96 Å². The van der Waals surface area contributed by atoms with E-state index in [2.05, 4.69) is 10.3 Å². The molecule has 2 rings (SSSR count). The average molecular weight is 269 g/mol. The summed E-state index contributed by atoms with van der Waals surface area (Å²) in [5.41, 5.74) is 7.86. The van der Waals surface area contributed by atoms with Gasteiger partial charge in [0.15, 0.2) is 5.96 Å². The Morgan fingerprint density at radius 1 is 1.05 bits per heavy atom. The second-order valence-electron chi connectivity index (χ2n) is 4.38. The van der Waals surface area contributed by atoms with Gasteiger partial charge in [-0.25, -0.2) is 0 Å². The second-order valence-corrected chi connectivity index (χ2v) is 4.38. The van der Waals surface area contributed by atoms with Crippen molar-refractivity contribution in [3.05, 3.63) is 65.7 Å². The third-order valence-corrected chi connectivity index (χ3v) is 2.89. The van der Waals surface area contributed by atoms with Crippen LogP contribution in [-0.2, 0) is 13.2 Å². The lowest BCUT2D eigenvalue weighted by Crippen LogP contribution is -2.30. The van der Waals surface area contributed by atoms with Gasteiger partial charge in [0, 0.05) is 13.6 Å². The van der Waals surface area contributed by atoms with Crippen LogP contribution in [0.25, 0.3) is 0 Å². The first-order valence-corrected chi connectivity index (χ1v) is 6.50. The second kappa shape index (κ2) is 7.19. The van der Waals surface area contributed by atoms with Crippen molar-refractivity contribution in [2.75, 3.05) is 7.05 Å². The molecule has 3 N–H and O–H groups in total. The number of hydrogen-bond donors (Lipinski definition) is 2. The first kappa shape index (κ1) is 13.9. The molecule has 0 fully saturated rings. The van der Waals surface area contributed by atoms with Gasteiger partial charge < -0.3 is 15.8 Å². The summed E-state index contributed by atoms with van der Waals surface area (Å²) in [5.74, 6) is 1.30. The minimum Gasteiger partial charge on any atom is -0.489 e. The summed E-state index contributed by atoms with van der Waals surface area (Å²) in [6.45, 7) is 1.23. The van der Waals surface area contributed by atoms with Crippen LogP contribution in [0.15, 0.2) is 59.6 Å². The van der Waals surface area contributed by atoms with Crippen molar-refractivity contribution in [3.63, 3.8) is 0 Å². The Bertz CT molecular complexity index is 550. The lowest BCUT2D eigenvalue weighted by atomic mass is 10.2. The molecule has 4 nitrogen and oxygen atoms in total. The Morgan fingerprint density at radius 2 is 1.75 bits per heavy atom. The molecular weight excluding hydrogens is 250 g/mol. The van der Waals surface area contributed by atoms with Crippen LogP contribution in [0, 0.1) is 0 Å². The maximum Gasteiger partial charge on any atom is 0.188 e. The van der Waals surface area contributed by atoms with E-state index in [4.69, 9.17) is 10.5 Å². The number of guanidine groups is 1. The first-order chi connectivity index (χ1) is 9.78. The van der Waals surface area contributed by atoms with Crippen molar-refractivity contribution in [3.8, 4) is 5.75 Å². The SMILES string of the molecule is CN=C(N)NCc1ccc(OCc2ccccc2)cc1. The molecule has 0 atom stereocenters. The minimum atomic E-state index is 0.439. The van der Waals surface area contributed by atoms with Crippen molar-refractivity contribution in [1.29, 1.82) is 0 Å². The number of ether oxygens (including phenoxy) is 1. The van der Waals surface area contributed by atoms with Crippen LogP contribution in [0.4, 0.5) is 0 Å². The number of aliphatic imine (C=N–C) groups is 1. The van der Waals surface area contributed by atoms with E-state index in [1.807, 2.05) is 54.6 Å². The Labute approximate surface area is 119 Å². The molecule has 0 unspecified atom stereocenters. The van der Waals surface area contributed by atoms with Crippen LogP contribution in [0.1, 0.15) is 11.1 Å². The summed E-state index contributed by atoms with van der Waals surface area (Å²) in [6, 6.07) is 18.0. The van der Waals surface area contributed by atoms with Gasteiger partial charge in [-0.2, -0.15) is 0 Å². The van der Waals surface area contributed by atoms with E-state index in [-0.39, 0.29) is 0 Å². The van der Waals surface area contributed by atoms with Crippen LogP contribution in [0.3, 0.4) is 0 Å². The summed E-state index contributed by atoms with van der Waals surface area (Å²) >= 11 is 0. The van der Waals surface area contributed by atoms with Gasteiger partial charge >= 0.3 is 0 Å². The molecule has 0 amide bonds. The predicted molar refractivity (Wildman–Crippen MR) is 81.6 cm³/mol. The summed E-state index contributed by atoms with van der Waals surface area (Å²) in [5, 5.41) is 3.01. The number of nitrogens with zero attached hydrogens (tertiary/aromatic N) is 1. The quantitative estimate of drug-likeness (QED) is 0.647. The number of hydrogen-bond acceptors (Lipinski definition) is 2. The van der Waals surface area contributed by atoms with E-state index in [0.29, 0.717) is 19.1 Å². The maximum atomic E-state index is 5.72. The predicted octanol–water partition coefficient (Wildman–Crippen LogP) is 2.30. The Morgan fingerprint density at radius 3 is 2.40 bits per heavy atom. The molecule has 0 saturated heterocycles. The Balaban J connectivity index is 1.85. The van der Waals surface area contributed by atoms with Gasteiger partial charge in [0.2, 0.25) is 0 Å². The number of nitrogens with two attached hydrogens (primary N) is 1. The zero-order valence-corrected chi connectivity index (χ0v) is 11.5. The van der Waals surface area contributed by atoms with Gasteiger partial charge in [-0.05, 0) is 23.3 Å². The van der Waals surface area contributed by atoms with E-state index in [0.717, 1.165) is 16.9 Å². The third-order valence-electron chi connectivity index (χ3n) is 2.89. The van der Waals surface area contributed by atoms with Crippen LogP contribution in [0.5, 0.6) is 5.75 Å². The number of benzene rings is 2. The normalized spacial score (nSPS) is 11.2. The van der Waals surface area contributed by atoms with Crippen molar-refractivity contribution in [1.82, 2.24) is 5.32 Å². The molecule has 0 aromatic heterocycles. The minimum absolute atomic E-state index is 0.439. The van der Waals surface area contributed by atoms with E-state index in [1.165, 1.54) is 0 Å². The summed E-state index contributed by atoms with van der Waals surface area (Å²) in [6.07, 6.45) is 0. The molecule has 104 valence electrons. The van der Waals surface area contributed by atoms with Crippen molar-refractivity contribution in [2.45, 2.75) is 13.2 Å². The molecule has 0 bridgehead atoms. The van der Waals surface area contributed by atoms with E-state index >= 15 is 0 Å². The highest BCUT2D eigenvalue weighted by Crippen LogP contribution is 2.14. The van der Waals surface area contributed by atoms with Gasteiger partial charge in [0.05, 0.1) is 0 Å². The molecule has 0 radical (unpaired) electrons. The average Bonchev–Trinajstić information content (AvgIpc) is 2.52. The fraction of sp³-hybridized carbons (Fsp3) is 0.188. The summed E-state index contributed by atoms with van der Waals surface area (Å²) in [7, 11) is 1.66. The van der Waals surface area contributed by atoms with Gasteiger partial charge in [0.1, 0.15) is 12.4 Å². The molecule has 0 aliphatic carbocycles. The monoisotopic (exact) mass is 269 g/mol. The molecule has 0 saturated carbocycles. The topological polar surface area (TPSA) is 59.6 Å². The highest BCUT2D eigenvalue weighted by Gasteiger charge is 1.97. The molecule has 20 heavy (non-hydrogen) atoms. The Kier molecular flexibility index (Phi) is 5.00. The van der Waals surface area contributed by atoms with Gasteiger partial charge in [0.25, 0.3) is 0 Å². The maximum absolute atomic E-state index is 5.72. The fourth-order valence-electron chi connectivity index (χ4n) is 1.72. The molecule has 0 aliphatic heterocycles. The zero-order chi connectivity index (χ0) is 14.2. The van der Waals surface area contributed by atoms with Crippen LogP contribution < -0.4 is 15.8 Å². The van der Waals surface area contributed by atoms with Gasteiger partial charge in [-0.15, -0.1) is 0 Å². The van der Waals surface area contributed by atoms with Crippen molar-refractivity contribution < 1.29 is 4.74 Å². The summed E-state index contributed by atoms with van der Waals surface area (Å²) < 4.78 is 5.72. The molecule has 4 heteroatoms. The van der Waals surface area contributed by atoms with Gasteiger partial charge in [-0.3, -0.25) is 4.99 Å². The highest BCUT2D eigenvalue weighted by molar-refractivity contribution is 5.77. The van der Waals surface area contributed by atoms with E-state index < -0.39 is 0 Å². The van der Waals surface area contributed by atoms with Crippen LogP contribution in [0.2, 0.25) is 0 Å². The molecule has 2 aromatic rings. The molecule has 0 spiro atoms. The Hall–Kier alpha value is -2.49.